The summed E-state index contributed by atoms with van der Waals surface area (Å²) in [5, 5.41) is 7.44. The Morgan fingerprint density at radius 3 is 2.65 bits per heavy atom. The molecular weight excluding hydrogens is 296 g/mol. The van der Waals surface area contributed by atoms with Crippen LogP contribution in [0.25, 0.3) is 0 Å². The first kappa shape index (κ1) is 15.8. The van der Waals surface area contributed by atoms with Crippen LogP contribution in [0.2, 0.25) is 0 Å². The second kappa shape index (κ2) is 5.85. The SMILES string of the molecule is COC(=O)[C@@H]1C[C@@]2(CN1)CC(c1cc(C)c(OC)c(C)c1)=NO2. The van der Waals surface area contributed by atoms with Gasteiger partial charge in [-0.05, 0) is 37.1 Å². The van der Waals surface area contributed by atoms with Gasteiger partial charge in [-0.25, -0.2) is 0 Å². The van der Waals surface area contributed by atoms with Gasteiger partial charge in [0.25, 0.3) is 0 Å². The Balaban J connectivity index is 1.77. The van der Waals surface area contributed by atoms with E-state index in [1.807, 2.05) is 13.8 Å². The Bertz CT molecular complexity index is 648. The molecule has 0 amide bonds. The molecule has 0 bridgehead atoms. The smallest absolute Gasteiger partial charge is 0.323 e. The number of carbonyl (C=O) groups excluding carboxylic acids is 1. The van der Waals surface area contributed by atoms with Crippen molar-refractivity contribution in [2.45, 2.75) is 38.3 Å². The van der Waals surface area contributed by atoms with E-state index in [0.717, 1.165) is 28.2 Å². The van der Waals surface area contributed by atoms with Crippen molar-refractivity contribution < 1.29 is 19.1 Å². The first-order chi connectivity index (χ1) is 11.0. The van der Waals surface area contributed by atoms with Crippen molar-refractivity contribution in [3.63, 3.8) is 0 Å². The minimum atomic E-state index is -0.448. The molecule has 0 saturated carbocycles. The fourth-order valence-electron chi connectivity index (χ4n) is 3.45. The Labute approximate surface area is 135 Å². The summed E-state index contributed by atoms with van der Waals surface area (Å²) >= 11 is 0. The van der Waals surface area contributed by atoms with E-state index in [4.69, 9.17) is 14.3 Å². The molecule has 1 spiro atoms. The number of ether oxygens (including phenoxy) is 2. The largest absolute Gasteiger partial charge is 0.496 e. The van der Waals surface area contributed by atoms with Crippen LogP contribution in [0.1, 0.15) is 29.5 Å². The summed E-state index contributed by atoms with van der Waals surface area (Å²) in [6.45, 7) is 4.63. The zero-order valence-electron chi connectivity index (χ0n) is 13.9. The number of oxime groups is 1. The van der Waals surface area contributed by atoms with Gasteiger partial charge in [-0.1, -0.05) is 5.16 Å². The first-order valence-corrected chi connectivity index (χ1v) is 7.70. The first-order valence-electron chi connectivity index (χ1n) is 7.70. The molecule has 23 heavy (non-hydrogen) atoms. The van der Waals surface area contributed by atoms with Crippen LogP contribution in [-0.2, 0) is 14.4 Å². The third kappa shape index (κ3) is 2.79. The summed E-state index contributed by atoms with van der Waals surface area (Å²) in [5.41, 5.74) is 3.65. The third-order valence-corrected chi connectivity index (χ3v) is 4.57. The molecule has 0 aliphatic carbocycles. The molecule has 6 nitrogen and oxygen atoms in total. The van der Waals surface area contributed by atoms with Crippen LogP contribution in [0.15, 0.2) is 17.3 Å². The van der Waals surface area contributed by atoms with Crippen molar-refractivity contribution in [1.82, 2.24) is 5.32 Å². The van der Waals surface area contributed by atoms with Crippen molar-refractivity contribution in [2.24, 2.45) is 5.16 Å². The number of hydrogen-bond acceptors (Lipinski definition) is 6. The lowest BCUT2D eigenvalue weighted by molar-refractivity contribution is -0.143. The number of nitrogens with one attached hydrogen (secondary N) is 1. The van der Waals surface area contributed by atoms with Crippen LogP contribution in [0.3, 0.4) is 0 Å². The van der Waals surface area contributed by atoms with Crippen LogP contribution in [0.5, 0.6) is 5.75 Å². The van der Waals surface area contributed by atoms with E-state index >= 15 is 0 Å². The average molecular weight is 318 g/mol. The van der Waals surface area contributed by atoms with Gasteiger partial charge in [0.2, 0.25) is 0 Å². The lowest BCUT2D eigenvalue weighted by Gasteiger charge is -2.19. The summed E-state index contributed by atoms with van der Waals surface area (Å²) in [6, 6.07) is 3.80. The van der Waals surface area contributed by atoms with E-state index in [9.17, 15) is 4.79 Å². The highest BCUT2D eigenvalue weighted by atomic mass is 16.7. The van der Waals surface area contributed by atoms with Gasteiger partial charge in [0, 0.05) is 24.9 Å². The van der Waals surface area contributed by atoms with Crippen molar-refractivity contribution in [2.75, 3.05) is 20.8 Å². The van der Waals surface area contributed by atoms with Gasteiger partial charge in [0.15, 0.2) is 5.60 Å². The Hall–Kier alpha value is -2.08. The van der Waals surface area contributed by atoms with Gasteiger partial charge < -0.3 is 19.6 Å². The van der Waals surface area contributed by atoms with Gasteiger partial charge in [0.05, 0.1) is 19.9 Å². The molecule has 124 valence electrons. The molecule has 2 aliphatic heterocycles. The minimum Gasteiger partial charge on any atom is -0.496 e. The van der Waals surface area contributed by atoms with Crippen LogP contribution in [0.4, 0.5) is 0 Å². The van der Waals surface area contributed by atoms with Crippen LogP contribution >= 0.6 is 0 Å². The number of esters is 1. The number of benzene rings is 1. The molecule has 2 atom stereocenters. The molecule has 6 heteroatoms. The van der Waals surface area contributed by atoms with E-state index in [-0.39, 0.29) is 12.0 Å². The fourth-order valence-corrected chi connectivity index (χ4v) is 3.45. The monoisotopic (exact) mass is 318 g/mol. The van der Waals surface area contributed by atoms with Crippen LogP contribution < -0.4 is 10.1 Å². The standard InChI is InChI=1S/C17H22N2O4/c1-10-5-12(6-11(2)15(10)21-3)13-7-17(23-19-13)8-14(18-9-17)16(20)22-4/h5-6,14,18H,7-9H2,1-4H3/t14-,17+/m0/s1. The highest BCUT2D eigenvalue weighted by molar-refractivity contribution is 6.02. The summed E-state index contributed by atoms with van der Waals surface area (Å²) in [6.07, 6.45) is 1.25. The highest BCUT2D eigenvalue weighted by Gasteiger charge is 2.48. The van der Waals surface area contributed by atoms with Gasteiger partial charge in [-0.15, -0.1) is 0 Å². The normalized spacial score (nSPS) is 26.1. The predicted molar refractivity (Wildman–Crippen MR) is 85.9 cm³/mol. The van der Waals surface area contributed by atoms with E-state index in [1.54, 1.807) is 7.11 Å². The molecule has 0 unspecified atom stereocenters. The summed E-state index contributed by atoms with van der Waals surface area (Å²) in [5.74, 6) is 0.645. The lowest BCUT2D eigenvalue weighted by atomic mass is 9.90. The quantitative estimate of drug-likeness (QED) is 0.859. The van der Waals surface area contributed by atoms with Crippen molar-refractivity contribution >= 4 is 11.7 Å². The Morgan fingerprint density at radius 2 is 2.04 bits per heavy atom. The molecule has 1 saturated heterocycles. The Morgan fingerprint density at radius 1 is 1.35 bits per heavy atom. The zero-order valence-corrected chi connectivity index (χ0v) is 13.9. The Kier molecular flexibility index (Phi) is 4.02. The average Bonchev–Trinajstić information content (AvgIpc) is 3.14. The predicted octanol–water partition coefficient (Wildman–Crippen LogP) is 1.71. The molecular formula is C17H22N2O4. The van der Waals surface area contributed by atoms with E-state index < -0.39 is 5.60 Å². The molecule has 1 aromatic carbocycles. The maximum atomic E-state index is 11.7. The molecule has 2 heterocycles. The zero-order chi connectivity index (χ0) is 16.6. The van der Waals surface area contributed by atoms with Crippen LogP contribution in [0, 0.1) is 13.8 Å². The van der Waals surface area contributed by atoms with E-state index in [2.05, 4.69) is 22.6 Å². The summed E-state index contributed by atoms with van der Waals surface area (Å²) in [7, 11) is 3.08. The highest BCUT2D eigenvalue weighted by Crippen LogP contribution is 2.35. The van der Waals surface area contributed by atoms with Gasteiger partial charge >= 0.3 is 5.97 Å². The van der Waals surface area contributed by atoms with E-state index in [1.165, 1.54) is 7.11 Å². The van der Waals surface area contributed by atoms with Crippen molar-refractivity contribution in [3.8, 4) is 5.75 Å². The third-order valence-electron chi connectivity index (χ3n) is 4.57. The maximum Gasteiger partial charge on any atom is 0.323 e. The number of nitrogens with zero attached hydrogens (tertiary/aromatic N) is 1. The number of aryl methyl sites for hydroxylation is 2. The lowest BCUT2D eigenvalue weighted by Crippen LogP contribution is -2.31. The van der Waals surface area contributed by atoms with Gasteiger partial charge in [-0.3, -0.25) is 4.79 Å². The van der Waals surface area contributed by atoms with Crippen molar-refractivity contribution in [3.05, 3.63) is 28.8 Å². The van der Waals surface area contributed by atoms with Gasteiger partial charge in [-0.2, -0.15) is 0 Å². The molecule has 0 radical (unpaired) electrons. The summed E-state index contributed by atoms with van der Waals surface area (Å²) in [4.78, 5) is 17.4. The maximum absolute atomic E-state index is 11.7. The number of methoxy groups -OCH3 is 2. The fraction of sp³-hybridized carbons (Fsp3) is 0.529. The number of carbonyl (C=O) groups is 1. The second-order valence-corrected chi connectivity index (χ2v) is 6.29. The molecule has 1 fully saturated rings. The number of hydrogen-bond donors (Lipinski definition) is 1. The van der Waals surface area contributed by atoms with E-state index in [0.29, 0.717) is 19.4 Å². The summed E-state index contributed by atoms with van der Waals surface area (Å²) < 4.78 is 10.2. The van der Waals surface area contributed by atoms with Gasteiger partial charge in [0.1, 0.15) is 11.8 Å². The van der Waals surface area contributed by atoms with Crippen molar-refractivity contribution in [1.29, 1.82) is 0 Å². The minimum absolute atomic E-state index is 0.255. The number of rotatable bonds is 3. The molecule has 2 aliphatic rings. The van der Waals surface area contributed by atoms with Crippen LogP contribution in [-0.4, -0.2) is 44.1 Å². The molecule has 0 aromatic heterocycles. The topological polar surface area (TPSA) is 69.2 Å². The molecule has 1 N–H and O–H groups in total. The molecule has 1 aromatic rings. The molecule has 3 rings (SSSR count). The second-order valence-electron chi connectivity index (χ2n) is 6.29.